The number of aliphatic hydroxyl groups excluding tert-OH is 2. The molecule has 0 aliphatic heterocycles. The summed E-state index contributed by atoms with van der Waals surface area (Å²) in [6.45, 7) is 27.2. The van der Waals surface area contributed by atoms with Gasteiger partial charge in [-0.15, -0.1) is 0 Å². The second-order valence-electron chi connectivity index (χ2n) is 17.0. The first kappa shape index (κ1) is 52.2. The van der Waals surface area contributed by atoms with Crippen molar-refractivity contribution >= 4 is 23.1 Å². The van der Waals surface area contributed by atoms with Crippen LogP contribution in [0.5, 0.6) is 0 Å². The Morgan fingerprint density at radius 1 is 0.571 bits per heavy atom. The first-order chi connectivity index (χ1) is 26.3. The summed E-state index contributed by atoms with van der Waals surface area (Å²) in [6.07, 6.45) is 21.7. The lowest BCUT2D eigenvalue weighted by molar-refractivity contribution is -0.132. The van der Waals surface area contributed by atoms with E-state index < -0.39 is 11.6 Å². The second kappa shape index (κ2) is 28.6. The summed E-state index contributed by atoms with van der Waals surface area (Å²) in [6, 6.07) is 0. The number of aliphatic hydroxyl groups is 2. The Morgan fingerprint density at radius 3 is 1.46 bits per heavy atom. The topological polar surface area (TPSA) is 109 Å². The molecule has 0 aromatic heterocycles. The zero-order valence-electron chi connectivity index (χ0n) is 37.7. The molecule has 6 nitrogen and oxygen atoms in total. The normalized spacial score (nSPS) is 15.2. The molecule has 0 bridgehead atoms. The highest BCUT2D eigenvalue weighted by Gasteiger charge is 2.34. The standard InChI is InChI=1S/C25H38O3.C21H30O3.C4H10/c1-7-8-9-13-20-22(16-18(4)5)23(26)21(25(28)24(20)27)15-14-19(6)12-10-11-17(2)3;1-5-6-7-11-17-14-19(22)18(21(24)20(17)23)13-12-16(4)10-8-9-15(2)3;1-4(2)3/h11,14,18,26H,7-10,12-13,15-16H2,1-6H3;9,12,14,24H,5-8,10-11,13H2,1-4H3;4H,1-3H3/b19-14+;16-12+;. The lowest BCUT2D eigenvalue weighted by Crippen LogP contribution is -2.27. The summed E-state index contributed by atoms with van der Waals surface area (Å²) in [5.74, 6) is -0.703. The zero-order valence-corrected chi connectivity index (χ0v) is 37.7. The summed E-state index contributed by atoms with van der Waals surface area (Å²) < 4.78 is 0. The summed E-state index contributed by atoms with van der Waals surface area (Å²) in [5, 5.41) is 21.0. The van der Waals surface area contributed by atoms with E-state index in [2.05, 4.69) is 88.3 Å². The summed E-state index contributed by atoms with van der Waals surface area (Å²) >= 11 is 0. The Labute approximate surface area is 341 Å². The molecule has 2 N–H and O–H groups in total. The fourth-order valence-electron chi connectivity index (χ4n) is 6.08. The monoisotopic (exact) mass is 775 g/mol. The van der Waals surface area contributed by atoms with Gasteiger partial charge >= 0.3 is 0 Å². The molecule has 0 saturated carbocycles. The van der Waals surface area contributed by atoms with Gasteiger partial charge in [0.15, 0.2) is 11.5 Å². The van der Waals surface area contributed by atoms with E-state index in [0.29, 0.717) is 54.7 Å². The van der Waals surface area contributed by atoms with Gasteiger partial charge in [0, 0.05) is 27.9 Å². The average Bonchev–Trinajstić information content (AvgIpc) is 3.10. The van der Waals surface area contributed by atoms with Crippen molar-refractivity contribution in [3.63, 3.8) is 0 Å². The Balaban J connectivity index is 0.000000994. The van der Waals surface area contributed by atoms with Gasteiger partial charge < -0.3 is 10.2 Å². The minimum absolute atomic E-state index is 0.0538. The summed E-state index contributed by atoms with van der Waals surface area (Å²) in [4.78, 5) is 49.9. The third-order valence-corrected chi connectivity index (χ3v) is 9.27. The molecule has 0 amide bonds. The van der Waals surface area contributed by atoms with Crippen LogP contribution in [0.3, 0.4) is 0 Å². The maximum Gasteiger partial charge on any atom is 0.233 e. The van der Waals surface area contributed by atoms with E-state index in [4.69, 9.17) is 0 Å². The minimum Gasteiger partial charge on any atom is -0.507 e. The Kier molecular flexibility index (Phi) is 26.6. The molecule has 6 heteroatoms. The molecule has 0 atom stereocenters. The van der Waals surface area contributed by atoms with Crippen LogP contribution in [0.25, 0.3) is 0 Å². The highest BCUT2D eigenvalue weighted by molar-refractivity contribution is 6.50. The molecule has 0 aromatic carbocycles. The van der Waals surface area contributed by atoms with Crippen molar-refractivity contribution in [3.8, 4) is 0 Å². The SMILES string of the molecule is CC(C)C.CCCCCC1=C(CC(C)C)C(O)=C(C/C=C(\C)CCC=C(C)C)C(=O)C1=O.CCCCCC1=CC(=O)C(C/C=C(\C)CCC=C(C)C)=C(O)C1=O. The number of hydrogen-bond donors (Lipinski definition) is 2. The van der Waals surface area contributed by atoms with Gasteiger partial charge in [-0.1, -0.05) is 121 Å². The number of hydrogen-bond acceptors (Lipinski definition) is 6. The number of rotatable bonds is 20. The molecule has 0 spiro atoms. The highest BCUT2D eigenvalue weighted by atomic mass is 16.3. The van der Waals surface area contributed by atoms with Crippen molar-refractivity contribution < 1.29 is 29.4 Å². The molecule has 0 radical (unpaired) electrons. The molecule has 0 heterocycles. The Bertz CT molecular complexity index is 1570. The van der Waals surface area contributed by atoms with E-state index in [0.717, 1.165) is 75.7 Å². The van der Waals surface area contributed by atoms with Gasteiger partial charge in [-0.05, 0) is 130 Å². The maximum atomic E-state index is 12.8. The molecule has 0 unspecified atom stereocenters. The van der Waals surface area contributed by atoms with Crippen LogP contribution >= 0.6 is 0 Å². The van der Waals surface area contributed by atoms with Crippen LogP contribution in [0.2, 0.25) is 0 Å². The van der Waals surface area contributed by atoms with Crippen LogP contribution in [-0.2, 0) is 19.2 Å². The second-order valence-corrected chi connectivity index (χ2v) is 17.0. The predicted molar refractivity (Wildman–Crippen MR) is 237 cm³/mol. The number of carbonyl (C=O) groups excluding carboxylic acids is 4. The number of unbranched alkanes of at least 4 members (excludes halogenated alkanes) is 4. The van der Waals surface area contributed by atoms with E-state index in [9.17, 15) is 29.4 Å². The quantitative estimate of drug-likeness (QED) is 0.0419. The summed E-state index contributed by atoms with van der Waals surface area (Å²) in [5.41, 5.74) is 7.07. The van der Waals surface area contributed by atoms with Crippen molar-refractivity contribution in [2.24, 2.45) is 11.8 Å². The van der Waals surface area contributed by atoms with Gasteiger partial charge in [-0.2, -0.15) is 0 Å². The largest absolute Gasteiger partial charge is 0.507 e. The molecule has 2 rings (SSSR count). The lowest BCUT2D eigenvalue weighted by atomic mass is 9.81. The molecule has 0 aromatic rings. The lowest BCUT2D eigenvalue weighted by Gasteiger charge is -2.22. The molecule has 2 aliphatic carbocycles. The summed E-state index contributed by atoms with van der Waals surface area (Å²) in [7, 11) is 0. The molecule has 2 aliphatic rings. The third kappa shape index (κ3) is 20.9. The van der Waals surface area contributed by atoms with Crippen LogP contribution in [0.4, 0.5) is 0 Å². The molecule has 314 valence electrons. The number of ketones is 4. The number of carbonyl (C=O) groups is 4. The van der Waals surface area contributed by atoms with E-state index in [1.807, 2.05) is 26.0 Å². The Morgan fingerprint density at radius 2 is 1.02 bits per heavy atom. The van der Waals surface area contributed by atoms with E-state index >= 15 is 0 Å². The van der Waals surface area contributed by atoms with E-state index in [1.54, 1.807) is 0 Å². The molecule has 0 fully saturated rings. The van der Waals surface area contributed by atoms with Gasteiger partial charge in [-0.25, -0.2) is 0 Å². The molecule has 56 heavy (non-hydrogen) atoms. The number of allylic oxidation sites excluding steroid dienone is 14. The number of Topliss-reactive ketones (excluding diaryl/α,β-unsaturated/α-hetero) is 3. The van der Waals surface area contributed by atoms with Crippen molar-refractivity contribution in [2.75, 3.05) is 0 Å². The van der Waals surface area contributed by atoms with Gasteiger partial charge in [-0.3, -0.25) is 19.2 Å². The van der Waals surface area contributed by atoms with Gasteiger partial charge in [0.2, 0.25) is 17.3 Å². The van der Waals surface area contributed by atoms with Crippen LogP contribution in [0, 0.1) is 11.8 Å². The fraction of sp³-hybridized carbons (Fsp3) is 0.600. The first-order valence-electron chi connectivity index (χ1n) is 21.3. The van der Waals surface area contributed by atoms with Crippen LogP contribution in [-0.4, -0.2) is 33.3 Å². The predicted octanol–water partition coefficient (Wildman–Crippen LogP) is 14.2. The van der Waals surface area contributed by atoms with Crippen molar-refractivity contribution in [1.82, 2.24) is 0 Å². The maximum absolute atomic E-state index is 12.8. The van der Waals surface area contributed by atoms with Gasteiger partial charge in [0.1, 0.15) is 5.76 Å². The Hall–Kier alpha value is -3.80. The van der Waals surface area contributed by atoms with Crippen molar-refractivity contribution in [2.45, 2.75) is 186 Å². The van der Waals surface area contributed by atoms with E-state index in [1.165, 1.54) is 22.8 Å². The van der Waals surface area contributed by atoms with Crippen molar-refractivity contribution in [1.29, 1.82) is 0 Å². The fourth-order valence-corrected chi connectivity index (χ4v) is 6.08. The highest BCUT2D eigenvalue weighted by Crippen LogP contribution is 2.34. The first-order valence-corrected chi connectivity index (χ1v) is 21.3. The zero-order chi connectivity index (χ0) is 43.0. The minimum atomic E-state index is -0.523. The van der Waals surface area contributed by atoms with Gasteiger partial charge in [0.25, 0.3) is 0 Å². The molecule has 0 saturated heterocycles. The average molecular weight is 775 g/mol. The van der Waals surface area contributed by atoms with E-state index in [-0.39, 0.29) is 34.2 Å². The molecular weight excluding hydrogens is 697 g/mol. The third-order valence-electron chi connectivity index (χ3n) is 9.27. The smallest absolute Gasteiger partial charge is 0.233 e. The van der Waals surface area contributed by atoms with Crippen molar-refractivity contribution in [3.05, 3.63) is 92.1 Å². The van der Waals surface area contributed by atoms with Gasteiger partial charge in [0.05, 0.1) is 0 Å². The van der Waals surface area contributed by atoms with Crippen LogP contribution in [0.1, 0.15) is 186 Å². The molecular formula is C50H78O6. The van der Waals surface area contributed by atoms with Crippen LogP contribution in [0.15, 0.2) is 92.1 Å². The van der Waals surface area contributed by atoms with Crippen LogP contribution < -0.4 is 0 Å².